The summed E-state index contributed by atoms with van der Waals surface area (Å²) in [6, 6.07) is 11.8. The number of aliphatic hydroxyl groups is 1. The Labute approximate surface area is 158 Å². The molecule has 2 N–H and O–H groups in total. The van der Waals surface area contributed by atoms with Crippen LogP contribution in [0, 0.1) is 19.8 Å². The number of hydrogen-bond donors (Lipinski definition) is 2. The van der Waals surface area contributed by atoms with Crippen molar-refractivity contribution >= 4 is 16.8 Å². The van der Waals surface area contributed by atoms with Gasteiger partial charge in [-0.2, -0.15) is 5.10 Å². The van der Waals surface area contributed by atoms with Crippen LogP contribution in [0.3, 0.4) is 0 Å². The average molecular weight is 364 g/mol. The van der Waals surface area contributed by atoms with Crippen molar-refractivity contribution in [3.63, 3.8) is 0 Å². The zero-order chi connectivity index (χ0) is 19.0. The molecular weight excluding hydrogens is 340 g/mol. The Morgan fingerprint density at radius 3 is 2.78 bits per heavy atom. The van der Waals surface area contributed by atoms with E-state index >= 15 is 0 Å². The van der Waals surface area contributed by atoms with Crippen LogP contribution >= 0.6 is 0 Å². The zero-order valence-corrected chi connectivity index (χ0v) is 15.6. The highest BCUT2D eigenvalue weighted by atomic mass is 16.3. The first kappa shape index (κ1) is 17.7. The van der Waals surface area contributed by atoms with Gasteiger partial charge in [0.25, 0.3) is 0 Å². The SMILES string of the molecule is Cc1cc(C)n(CC(=O)NC(c2cnc3ccccc3c2)C2CC(O)C2)n1. The molecule has 1 aliphatic rings. The summed E-state index contributed by atoms with van der Waals surface area (Å²) >= 11 is 0. The van der Waals surface area contributed by atoms with Crippen LogP contribution in [-0.2, 0) is 11.3 Å². The van der Waals surface area contributed by atoms with Crippen LogP contribution < -0.4 is 5.32 Å². The summed E-state index contributed by atoms with van der Waals surface area (Å²) in [5.74, 6) is 0.133. The topological polar surface area (TPSA) is 80.0 Å². The van der Waals surface area contributed by atoms with Crippen LogP contribution in [0.5, 0.6) is 0 Å². The molecule has 6 heteroatoms. The second-order valence-corrected chi connectivity index (χ2v) is 7.48. The third kappa shape index (κ3) is 3.71. The monoisotopic (exact) mass is 364 g/mol. The van der Waals surface area contributed by atoms with E-state index in [2.05, 4.69) is 21.5 Å². The normalized spacial score (nSPS) is 20.3. The molecule has 1 aromatic carbocycles. The van der Waals surface area contributed by atoms with Gasteiger partial charge in [-0.3, -0.25) is 14.5 Å². The molecule has 1 amide bonds. The number of nitrogens with zero attached hydrogens (tertiary/aromatic N) is 3. The molecular formula is C21H24N4O2. The fraction of sp³-hybridized carbons (Fsp3) is 0.381. The summed E-state index contributed by atoms with van der Waals surface area (Å²) in [5, 5.41) is 18.3. The molecule has 1 atom stereocenters. The van der Waals surface area contributed by atoms with E-state index in [1.807, 2.05) is 50.4 Å². The molecule has 140 valence electrons. The molecule has 6 nitrogen and oxygen atoms in total. The Bertz CT molecular complexity index is 975. The smallest absolute Gasteiger partial charge is 0.242 e. The maximum Gasteiger partial charge on any atom is 0.242 e. The quantitative estimate of drug-likeness (QED) is 0.729. The number of carbonyl (C=O) groups excluding carboxylic acids is 1. The van der Waals surface area contributed by atoms with Crippen LogP contribution in [-0.4, -0.2) is 31.9 Å². The van der Waals surface area contributed by atoms with Gasteiger partial charge in [0, 0.05) is 17.3 Å². The number of hydrogen-bond acceptors (Lipinski definition) is 4. The highest BCUT2D eigenvalue weighted by molar-refractivity contribution is 5.80. The van der Waals surface area contributed by atoms with E-state index in [0.29, 0.717) is 12.8 Å². The molecule has 0 bridgehead atoms. The summed E-state index contributed by atoms with van der Waals surface area (Å²) in [4.78, 5) is 17.2. The van der Waals surface area contributed by atoms with Crippen molar-refractivity contribution in [2.45, 2.75) is 45.4 Å². The maximum atomic E-state index is 12.7. The molecule has 2 heterocycles. The fourth-order valence-electron chi connectivity index (χ4n) is 3.82. The van der Waals surface area contributed by atoms with Gasteiger partial charge in [0.05, 0.1) is 23.4 Å². The lowest BCUT2D eigenvalue weighted by molar-refractivity contribution is -0.123. The van der Waals surface area contributed by atoms with Gasteiger partial charge in [-0.05, 0) is 56.4 Å². The van der Waals surface area contributed by atoms with Crippen molar-refractivity contribution in [1.29, 1.82) is 0 Å². The molecule has 1 unspecified atom stereocenters. The van der Waals surface area contributed by atoms with Gasteiger partial charge in [-0.1, -0.05) is 18.2 Å². The minimum Gasteiger partial charge on any atom is -0.393 e. The lowest BCUT2D eigenvalue weighted by atomic mass is 9.75. The number of benzene rings is 1. The number of aliphatic hydroxyl groups excluding tert-OH is 1. The van der Waals surface area contributed by atoms with Gasteiger partial charge in [-0.25, -0.2) is 0 Å². The summed E-state index contributed by atoms with van der Waals surface area (Å²) in [7, 11) is 0. The lowest BCUT2D eigenvalue weighted by Crippen LogP contribution is -2.42. The Hall–Kier alpha value is -2.73. The molecule has 0 saturated heterocycles. The van der Waals surface area contributed by atoms with Crippen LogP contribution in [0.25, 0.3) is 10.9 Å². The van der Waals surface area contributed by atoms with Crippen molar-refractivity contribution in [3.05, 3.63) is 59.5 Å². The van der Waals surface area contributed by atoms with E-state index in [4.69, 9.17) is 0 Å². The van der Waals surface area contributed by atoms with Crippen molar-refractivity contribution in [2.24, 2.45) is 5.92 Å². The predicted octanol–water partition coefficient (Wildman–Crippen LogP) is 2.68. The second kappa shape index (κ2) is 7.12. The molecule has 1 fully saturated rings. The van der Waals surface area contributed by atoms with Gasteiger partial charge in [0.2, 0.25) is 5.91 Å². The number of pyridine rings is 1. The molecule has 1 aliphatic carbocycles. The van der Waals surface area contributed by atoms with E-state index in [9.17, 15) is 9.90 Å². The number of carbonyl (C=O) groups is 1. The standard InChI is InChI=1S/C21H24N4O2/c1-13-7-14(2)25(24-13)12-20(27)23-21(16-9-18(26)10-16)17-8-15-5-3-4-6-19(15)22-11-17/h3-8,11,16,18,21,26H,9-10,12H2,1-2H3,(H,23,27). The van der Waals surface area contributed by atoms with Gasteiger partial charge >= 0.3 is 0 Å². The van der Waals surface area contributed by atoms with Gasteiger partial charge < -0.3 is 10.4 Å². The molecule has 0 spiro atoms. The number of amides is 1. The lowest BCUT2D eigenvalue weighted by Gasteiger charge is -2.38. The molecule has 2 aromatic heterocycles. The number of fused-ring (bicyclic) bond motifs is 1. The highest BCUT2D eigenvalue weighted by Crippen LogP contribution is 2.38. The van der Waals surface area contributed by atoms with Gasteiger partial charge in [0.15, 0.2) is 0 Å². The Balaban J connectivity index is 1.56. The largest absolute Gasteiger partial charge is 0.393 e. The van der Waals surface area contributed by atoms with E-state index in [0.717, 1.165) is 27.9 Å². The van der Waals surface area contributed by atoms with Crippen LogP contribution in [0.15, 0.2) is 42.6 Å². The Kier molecular flexibility index (Phi) is 4.66. The van der Waals surface area contributed by atoms with Crippen molar-refractivity contribution in [3.8, 4) is 0 Å². The average Bonchev–Trinajstić information content (AvgIpc) is 2.94. The van der Waals surface area contributed by atoms with Gasteiger partial charge in [0.1, 0.15) is 6.54 Å². The maximum absolute atomic E-state index is 12.7. The van der Waals surface area contributed by atoms with Crippen molar-refractivity contribution in [2.75, 3.05) is 0 Å². The van der Waals surface area contributed by atoms with Crippen molar-refractivity contribution < 1.29 is 9.90 Å². The molecule has 3 aromatic rings. The van der Waals surface area contributed by atoms with Crippen molar-refractivity contribution in [1.82, 2.24) is 20.1 Å². The summed E-state index contributed by atoms with van der Waals surface area (Å²) in [5.41, 5.74) is 3.78. The van der Waals surface area contributed by atoms with Gasteiger partial charge in [-0.15, -0.1) is 0 Å². The molecule has 0 aliphatic heterocycles. The zero-order valence-electron chi connectivity index (χ0n) is 15.6. The second-order valence-electron chi connectivity index (χ2n) is 7.48. The highest BCUT2D eigenvalue weighted by Gasteiger charge is 2.36. The first-order chi connectivity index (χ1) is 13.0. The third-order valence-corrected chi connectivity index (χ3v) is 5.31. The minimum absolute atomic E-state index is 0.0826. The van der Waals surface area contributed by atoms with Crippen LogP contribution in [0.1, 0.15) is 35.8 Å². The molecule has 0 radical (unpaired) electrons. The number of nitrogens with one attached hydrogen (secondary N) is 1. The molecule has 4 rings (SSSR count). The summed E-state index contributed by atoms with van der Waals surface area (Å²) in [6.07, 6.45) is 2.94. The third-order valence-electron chi connectivity index (χ3n) is 5.31. The fourth-order valence-corrected chi connectivity index (χ4v) is 3.82. The first-order valence-electron chi connectivity index (χ1n) is 9.33. The van der Waals surface area contributed by atoms with E-state index in [1.54, 1.807) is 4.68 Å². The molecule has 1 saturated carbocycles. The van der Waals surface area contributed by atoms with Crippen LogP contribution in [0.2, 0.25) is 0 Å². The van der Waals surface area contributed by atoms with E-state index < -0.39 is 0 Å². The molecule has 27 heavy (non-hydrogen) atoms. The summed E-state index contributed by atoms with van der Waals surface area (Å²) < 4.78 is 1.72. The number of aromatic nitrogens is 3. The van der Waals surface area contributed by atoms with E-state index in [-0.39, 0.29) is 30.5 Å². The van der Waals surface area contributed by atoms with Crippen LogP contribution in [0.4, 0.5) is 0 Å². The first-order valence-corrected chi connectivity index (χ1v) is 9.33. The number of para-hydroxylation sites is 1. The predicted molar refractivity (Wildman–Crippen MR) is 103 cm³/mol. The Morgan fingerprint density at radius 1 is 1.30 bits per heavy atom. The summed E-state index contributed by atoms with van der Waals surface area (Å²) in [6.45, 7) is 4.05. The van der Waals surface area contributed by atoms with E-state index in [1.165, 1.54) is 0 Å². The number of rotatable bonds is 5. The number of aryl methyl sites for hydroxylation is 2. The minimum atomic E-state index is -0.279. The Morgan fingerprint density at radius 2 is 2.07 bits per heavy atom.